The van der Waals surface area contributed by atoms with Crippen LogP contribution in [0.25, 0.3) is 0 Å². The van der Waals surface area contributed by atoms with E-state index in [4.69, 9.17) is 23.2 Å². The molecule has 13 heteroatoms. The molecule has 7 nitrogen and oxygen atoms in total. The average Bonchev–Trinajstić information content (AvgIpc) is 2.93. The molecule has 0 aromatic heterocycles. The number of halogens is 5. The van der Waals surface area contributed by atoms with E-state index in [-0.39, 0.29) is 49.0 Å². The molecule has 244 valence electrons. The third-order valence-electron chi connectivity index (χ3n) is 6.72. The zero-order valence-corrected chi connectivity index (χ0v) is 27.7. The Labute approximate surface area is 272 Å². The molecule has 3 rings (SSSR count). The Bertz CT molecular complexity index is 1600. The van der Waals surface area contributed by atoms with Crippen molar-refractivity contribution in [2.24, 2.45) is 0 Å². The van der Waals surface area contributed by atoms with Crippen molar-refractivity contribution in [3.8, 4) is 0 Å². The summed E-state index contributed by atoms with van der Waals surface area (Å²) in [5, 5.41) is 3.54. The van der Waals surface area contributed by atoms with Crippen LogP contribution in [0.3, 0.4) is 0 Å². The van der Waals surface area contributed by atoms with Crippen LogP contribution in [0.1, 0.15) is 50.3 Å². The van der Waals surface area contributed by atoms with E-state index in [0.717, 1.165) is 34.3 Å². The predicted octanol–water partition coefficient (Wildman–Crippen LogP) is 7.11. The predicted molar refractivity (Wildman–Crippen MR) is 172 cm³/mol. The highest BCUT2D eigenvalue weighted by Crippen LogP contribution is 2.32. The molecule has 0 spiro atoms. The molecule has 3 aromatic rings. The van der Waals surface area contributed by atoms with E-state index in [0.29, 0.717) is 10.6 Å². The summed E-state index contributed by atoms with van der Waals surface area (Å²) < 4.78 is 66.1. The zero-order chi connectivity index (χ0) is 33.6. The summed E-state index contributed by atoms with van der Waals surface area (Å²) in [6, 6.07) is 17.1. The lowest BCUT2D eigenvalue weighted by Crippen LogP contribution is -2.54. The molecule has 0 aliphatic rings. The molecule has 3 aromatic carbocycles. The number of nitrogens with one attached hydrogen (secondary N) is 1. The molecule has 1 atom stereocenters. The number of alkyl halides is 3. The Morgan fingerprint density at radius 3 is 2.13 bits per heavy atom. The summed E-state index contributed by atoms with van der Waals surface area (Å²) in [5.74, 6) is -0.843. The Morgan fingerprint density at radius 2 is 1.56 bits per heavy atom. The first-order chi connectivity index (χ1) is 20.8. The van der Waals surface area contributed by atoms with Crippen LogP contribution in [0.15, 0.2) is 72.8 Å². The molecule has 0 saturated heterocycles. The molecule has 0 radical (unpaired) electrons. The fourth-order valence-electron chi connectivity index (χ4n) is 4.68. The highest BCUT2D eigenvalue weighted by Gasteiger charge is 2.33. The average molecular weight is 687 g/mol. The Hall–Kier alpha value is -3.28. The summed E-state index contributed by atoms with van der Waals surface area (Å²) in [5.41, 5.74) is -0.344. The third kappa shape index (κ3) is 10.9. The second-order valence-corrected chi connectivity index (χ2v) is 14.4. The molecule has 2 amide bonds. The lowest BCUT2D eigenvalue weighted by atomic mass is 10.00. The summed E-state index contributed by atoms with van der Waals surface area (Å²) >= 11 is 12.3. The van der Waals surface area contributed by atoms with Crippen molar-refractivity contribution in [2.75, 3.05) is 17.1 Å². The van der Waals surface area contributed by atoms with Crippen LogP contribution in [0.2, 0.25) is 10.0 Å². The van der Waals surface area contributed by atoms with E-state index < -0.39 is 39.3 Å². The second-order valence-electron chi connectivity index (χ2n) is 11.7. The quantitative estimate of drug-likeness (QED) is 0.220. The van der Waals surface area contributed by atoms with Crippen molar-refractivity contribution < 1.29 is 31.2 Å². The number of hydrogen-bond acceptors (Lipinski definition) is 4. The molecular weight excluding hydrogens is 650 g/mol. The third-order valence-corrected chi connectivity index (χ3v) is 8.65. The van der Waals surface area contributed by atoms with Gasteiger partial charge in [-0.2, -0.15) is 13.2 Å². The van der Waals surface area contributed by atoms with Gasteiger partial charge in [0.2, 0.25) is 21.8 Å². The van der Waals surface area contributed by atoms with Gasteiger partial charge in [-0.25, -0.2) is 8.42 Å². The number of rotatable bonds is 12. The monoisotopic (exact) mass is 685 g/mol. The molecule has 45 heavy (non-hydrogen) atoms. The second kappa shape index (κ2) is 14.9. The Morgan fingerprint density at radius 1 is 0.889 bits per heavy atom. The molecular formula is C32H36Cl2F3N3O4S. The number of hydrogen-bond donors (Lipinski definition) is 1. The molecule has 1 unspecified atom stereocenters. The van der Waals surface area contributed by atoms with Gasteiger partial charge in [0.25, 0.3) is 0 Å². The van der Waals surface area contributed by atoms with Gasteiger partial charge in [0, 0.05) is 31.5 Å². The number of carbonyl (C=O) groups is 2. The van der Waals surface area contributed by atoms with Crippen LogP contribution >= 0.6 is 23.2 Å². The fraction of sp³-hybridized carbons (Fsp3) is 0.375. The minimum absolute atomic E-state index is 0.00575. The van der Waals surface area contributed by atoms with Gasteiger partial charge in [0.15, 0.2) is 0 Å². The van der Waals surface area contributed by atoms with Crippen molar-refractivity contribution in [2.45, 2.75) is 64.3 Å². The molecule has 0 heterocycles. The Balaban J connectivity index is 1.94. The van der Waals surface area contributed by atoms with Crippen LogP contribution in [0.5, 0.6) is 0 Å². The van der Waals surface area contributed by atoms with Crippen molar-refractivity contribution in [1.29, 1.82) is 0 Å². The maximum atomic E-state index is 13.9. The largest absolute Gasteiger partial charge is 0.416 e. The van der Waals surface area contributed by atoms with Gasteiger partial charge < -0.3 is 10.2 Å². The number of carbonyl (C=O) groups excluding carboxylic acids is 2. The van der Waals surface area contributed by atoms with E-state index >= 15 is 0 Å². The van der Waals surface area contributed by atoms with Gasteiger partial charge >= 0.3 is 6.18 Å². The topological polar surface area (TPSA) is 86.8 Å². The lowest BCUT2D eigenvalue weighted by molar-refractivity contribution is -0.142. The molecule has 0 fully saturated rings. The fourth-order valence-corrected chi connectivity index (χ4v) is 5.96. The Kier molecular flexibility index (Phi) is 12.0. The maximum absolute atomic E-state index is 13.9. The first kappa shape index (κ1) is 36.2. The standard InChI is InChI=1S/C32H36Cl2F3N3O4S/c1-31(2,3)38-30(42)28(19-22-10-6-5-7-11-22)39(21-23-15-16-26(33)27(34)18-23)29(41)14-9-17-40(45(4,43)44)25-13-8-12-24(20-25)32(35,36)37/h5-8,10-13,15-16,18,20,28H,9,14,17,19,21H2,1-4H3,(H,38,42). The van der Waals surface area contributed by atoms with E-state index in [1.54, 1.807) is 18.2 Å². The number of amides is 2. The van der Waals surface area contributed by atoms with Crippen LogP contribution < -0.4 is 9.62 Å². The van der Waals surface area contributed by atoms with Crippen LogP contribution in [-0.4, -0.2) is 49.5 Å². The van der Waals surface area contributed by atoms with E-state index in [2.05, 4.69) is 5.32 Å². The van der Waals surface area contributed by atoms with Gasteiger partial charge in [-0.05, 0) is 68.7 Å². The van der Waals surface area contributed by atoms with Crippen molar-refractivity contribution >= 4 is 50.7 Å². The molecule has 1 N–H and O–H groups in total. The smallest absolute Gasteiger partial charge is 0.350 e. The van der Waals surface area contributed by atoms with Gasteiger partial charge in [-0.3, -0.25) is 13.9 Å². The normalized spacial score (nSPS) is 12.8. The maximum Gasteiger partial charge on any atom is 0.416 e. The summed E-state index contributed by atoms with van der Waals surface area (Å²) in [7, 11) is -4.00. The van der Waals surface area contributed by atoms with Crippen LogP contribution in [0, 0.1) is 0 Å². The van der Waals surface area contributed by atoms with Crippen LogP contribution in [0.4, 0.5) is 18.9 Å². The van der Waals surface area contributed by atoms with Gasteiger partial charge in [-0.15, -0.1) is 0 Å². The number of nitrogens with zero attached hydrogens (tertiary/aromatic N) is 2. The lowest BCUT2D eigenvalue weighted by Gasteiger charge is -2.34. The molecule has 0 saturated carbocycles. The van der Waals surface area contributed by atoms with Crippen LogP contribution in [-0.2, 0) is 38.8 Å². The minimum Gasteiger partial charge on any atom is -0.350 e. The molecule has 0 aliphatic carbocycles. The van der Waals surface area contributed by atoms with Gasteiger partial charge in [0.1, 0.15) is 6.04 Å². The first-order valence-electron chi connectivity index (χ1n) is 14.1. The van der Waals surface area contributed by atoms with Gasteiger partial charge in [0.05, 0.1) is 27.6 Å². The molecule has 0 aliphatic heterocycles. The first-order valence-corrected chi connectivity index (χ1v) is 16.7. The highest BCUT2D eigenvalue weighted by atomic mass is 35.5. The van der Waals surface area contributed by atoms with Crippen molar-refractivity contribution in [3.05, 3.63) is 99.5 Å². The number of sulfonamides is 1. The summed E-state index contributed by atoms with van der Waals surface area (Å²) in [6.45, 7) is 5.20. The van der Waals surface area contributed by atoms with Crippen molar-refractivity contribution in [3.63, 3.8) is 0 Å². The van der Waals surface area contributed by atoms with Crippen molar-refractivity contribution in [1.82, 2.24) is 10.2 Å². The minimum atomic E-state index is -4.67. The van der Waals surface area contributed by atoms with E-state index in [1.165, 1.54) is 11.0 Å². The van der Waals surface area contributed by atoms with E-state index in [1.807, 2.05) is 51.1 Å². The van der Waals surface area contributed by atoms with E-state index in [9.17, 15) is 31.2 Å². The molecule has 0 bridgehead atoms. The highest BCUT2D eigenvalue weighted by molar-refractivity contribution is 7.92. The number of anilines is 1. The SMILES string of the molecule is CC(C)(C)NC(=O)C(Cc1ccccc1)N(Cc1ccc(Cl)c(Cl)c1)C(=O)CCCN(c1cccc(C(F)(F)F)c1)S(C)(=O)=O. The summed E-state index contributed by atoms with van der Waals surface area (Å²) in [4.78, 5) is 29.0. The summed E-state index contributed by atoms with van der Waals surface area (Å²) in [6.07, 6.45) is -3.81. The number of benzene rings is 3. The zero-order valence-electron chi connectivity index (χ0n) is 25.4. The van der Waals surface area contributed by atoms with Gasteiger partial charge in [-0.1, -0.05) is 65.7 Å².